The molecule has 0 radical (unpaired) electrons. The number of anilines is 1. The van der Waals surface area contributed by atoms with E-state index < -0.39 is 28.3 Å². The third-order valence-electron chi connectivity index (χ3n) is 7.91. The van der Waals surface area contributed by atoms with E-state index in [1.807, 2.05) is 32.6 Å². The van der Waals surface area contributed by atoms with Gasteiger partial charge in [0.15, 0.2) is 5.82 Å². The van der Waals surface area contributed by atoms with Crippen molar-refractivity contribution < 1.29 is 27.4 Å². The molecule has 5 rings (SSSR count). The Bertz CT molecular complexity index is 1360. The molecule has 2 bridgehead atoms. The number of amides is 1. The number of piperazine rings is 1. The lowest BCUT2D eigenvalue weighted by molar-refractivity contribution is -0.00285. The topological polar surface area (TPSA) is 71.0 Å². The van der Waals surface area contributed by atoms with E-state index >= 15 is 4.39 Å². The van der Waals surface area contributed by atoms with E-state index in [-0.39, 0.29) is 52.7 Å². The van der Waals surface area contributed by atoms with Gasteiger partial charge >= 0.3 is 12.1 Å². The summed E-state index contributed by atoms with van der Waals surface area (Å²) >= 11 is 9.50. The highest BCUT2D eigenvalue weighted by atomic mass is 79.9. The van der Waals surface area contributed by atoms with Gasteiger partial charge in [0.1, 0.15) is 23.5 Å². The normalized spacial score (nSPS) is 27.4. The number of hydrogen-bond donors (Lipinski definition) is 0. The van der Waals surface area contributed by atoms with Crippen LogP contribution in [0, 0.1) is 11.2 Å². The summed E-state index contributed by atoms with van der Waals surface area (Å²) in [6.45, 7) is 8.11. The molecule has 3 heterocycles. The van der Waals surface area contributed by atoms with Crippen LogP contribution in [0.3, 0.4) is 0 Å². The molecular weight excluding hydrogens is 615 g/mol. The molecule has 1 aromatic carbocycles. The molecule has 2 aliphatic heterocycles. The molecule has 40 heavy (non-hydrogen) atoms. The van der Waals surface area contributed by atoms with Gasteiger partial charge in [0.05, 0.1) is 26.5 Å². The standard InChI is InChI=1S/C27H34BrClF3N5O3/c1-24(2,3)40-23(38)37-15-7-8-25(37,4)12-36(10-15)21-16-9-17(29)18(28)19(30)20(16)33-22(34-21)39-14-26(13-35(5)6)11-27(26,31)32/h9,15H,7-8,10-14H2,1-6H3/t15-,25+,26-/m1/s1. The molecule has 1 amide bonds. The number of fused-ring (bicyclic) bond motifs is 3. The van der Waals surface area contributed by atoms with Crippen molar-refractivity contribution in [3.8, 4) is 6.01 Å². The largest absolute Gasteiger partial charge is 0.463 e. The molecular formula is C27H34BrClF3N5O3. The maximum atomic E-state index is 15.4. The van der Waals surface area contributed by atoms with Crippen molar-refractivity contribution in [1.29, 1.82) is 0 Å². The number of ether oxygens (including phenoxy) is 2. The van der Waals surface area contributed by atoms with Gasteiger partial charge in [-0.3, -0.25) is 4.90 Å². The zero-order chi connectivity index (χ0) is 29.4. The van der Waals surface area contributed by atoms with Crippen molar-refractivity contribution in [2.24, 2.45) is 5.41 Å². The fraction of sp³-hybridized carbons (Fsp3) is 0.667. The minimum atomic E-state index is -2.87. The van der Waals surface area contributed by atoms with E-state index in [9.17, 15) is 13.6 Å². The molecule has 0 spiro atoms. The van der Waals surface area contributed by atoms with Gasteiger partial charge in [0.25, 0.3) is 5.92 Å². The average molecular weight is 649 g/mol. The summed E-state index contributed by atoms with van der Waals surface area (Å²) in [5.74, 6) is -3.19. The first-order chi connectivity index (χ1) is 18.5. The number of nitrogens with zero attached hydrogens (tertiary/aromatic N) is 5. The van der Waals surface area contributed by atoms with Gasteiger partial charge in [0.2, 0.25) is 0 Å². The van der Waals surface area contributed by atoms with E-state index in [1.54, 1.807) is 30.0 Å². The highest BCUT2D eigenvalue weighted by Gasteiger charge is 2.71. The van der Waals surface area contributed by atoms with Crippen molar-refractivity contribution in [3.05, 3.63) is 21.4 Å². The second-order valence-corrected chi connectivity index (χ2v) is 14.0. The number of carbonyl (C=O) groups excluding carboxylic acids is 1. The Labute approximate surface area is 245 Å². The Morgan fingerprint density at radius 1 is 1.30 bits per heavy atom. The Kier molecular flexibility index (Phi) is 7.18. The molecule has 2 saturated heterocycles. The van der Waals surface area contributed by atoms with Crippen molar-refractivity contribution in [2.75, 3.05) is 45.2 Å². The van der Waals surface area contributed by atoms with Crippen molar-refractivity contribution in [3.63, 3.8) is 0 Å². The first-order valence-corrected chi connectivity index (χ1v) is 14.4. The highest BCUT2D eigenvalue weighted by Crippen LogP contribution is 2.60. The van der Waals surface area contributed by atoms with Crippen LogP contribution >= 0.6 is 27.5 Å². The fourth-order valence-corrected chi connectivity index (χ4v) is 6.57. The smallest absolute Gasteiger partial charge is 0.411 e. The molecule has 2 aromatic rings. The molecule has 220 valence electrons. The molecule has 0 N–H and O–H groups in total. The number of hydrogen-bond acceptors (Lipinski definition) is 7. The second-order valence-electron chi connectivity index (χ2n) is 12.8. The molecule has 8 nitrogen and oxygen atoms in total. The summed E-state index contributed by atoms with van der Waals surface area (Å²) in [4.78, 5) is 27.5. The molecule has 0 unspecified atom stereocenters. The van der Waals surface area contributed by atoms with Crippen LogP contribution < -0.4 is 9.64 Å². The summed E-state index contributed by atoms with van der Waals surface area (Å²) in [5.41, 5.74) is -2.59. The monoisotopic (exact) mass is 647 g/mol. The second kappa shape index (κ2) is 9.76. The number of rotatable bonds is 6. The Morgan fingerprint density at radius 2 is 1.98 bits per heavy atom. The molecule has 13 heteroatoms. The van der Waals surface area contributed by atoms with Crippen molar-refractivity contribution >= 4 is 50.3 Å². The lowest BCUT2D eigenvalue weighted by atomic mass is 9.97. The van der Waals surface area contributed by atoms with Crippen molar-refractivity contribution in [2.45, 2.75) is 70.1 Å². The predicted octanol–water partition coefficient (Wildman–Crippen LogP) is 6.13. The van der Waals surface area contributed by atoms with Crippen molar-refractivity contribution in [1.82, 2.24) is 19.8 Å². The summed E-state index contributed by atoms with van der Waals surface area (Å²) < 4.78 is 55.7. The van der Waals surface area contributed by atoms with Gasteiger partial charge in [-0.2, -0.15) is 9.97 Å². The number of aromatic nitrogens is 2. The first kappa shape index (κ1) is 29.4. The molecule has 1 aromatic heterocycles. The Morgan fingerprint density at radius 3 is 2.55 bits per heavy atom. The highest BCUT2D eigenvalue weighted by molar-refractivity contribution is 9.10. The minimum absolute atomic E-state index is 0.0347. The van der Waals surface area contributed by atoms with Crippen LogP contribution in [0.25, 0.3) is 10.9 Å². The van der Waals surface area contributed by atoms with Crippen LogP contribution in [-0.4, -0.2) is 89.3 Å². The number of carbonyl (C=O) groups is 1. The number of alkyl halides is 2. The van der Waals surface area contributed by atoms with E-state index in [2.05, 4.69) is 25.9 Å². The van der Waals surface area contributed by atoms with E-state index in [0.717, 1.165) is 12.8 Å². The zero-order valence-electron chi connectivity index (χ0n) is 23.5. The fourth-order valence-electron chi connectivity index (χ4n) is 6.07. The van der Waals surface area contributed by atoms with Gasteiger partial charge in [-0.25, -0.2) is 18.0 Å². The summed E-state index contributed by atoms with van der Waals surface area (Å²) in [7, 11) is 3.45. The maximum absolute atomic E-state index is 15.4. The van der Waals surface area contributed by atoms with Gasteiger partial charge in [-0.1, -0.05) is 11.6 Å². The Balaban J connectivity index is 1.50. The Hall–Kier alpha value is -2.05. The molecule has 3 fully saturated rings. The lowest BCUT2D eigenvalue weighted by Gasteiger charge is -2.47. The van der Waals surface area contributed by atoms with Crippen LogP contribution in [0.1, 0.15) is 47.0 Å². The summed E-state index contributed by atoms with van der Waals surface area (Å²) in [5, 5.41) is 0.513. The maximum Gasteiger partial charge on any atom is 0.411 e. The van der Waals surface area contributed by atoms with Gasteiger partial charge in [0, 0.05) is 31.4 Å². The lowest BCUT2D eigenvalue weighted by Crippen LogP contribution is -2.63. The molecule has 1 saturated carbocycles. The number of benzene rings is 1. The zero-order valence-corrected chi connectivity index (χ0v) is 25.8. The summed E-state index contributed by atoms with van der Waals surface area (Å²) in [6, 6.07) is 1.23. The van der Waals surface area contributed by atoms with E-state index in [0.29, 0.717) is 24.3 Å². The predicted molar refractivity (Wildman–Crippen MR) is 150 cm³/mol. The van der Waals surface area contributed by atoms with Crippen LogP contribution in [0.5, 0.6) is 6.01 Å². The molecule has 3 atom stereocenters. The summed E-state index contributed by atoms with van der Waals surface area (Å²) in [6.07, 6.45) is 0.841. The van der Waals surface area contributed by atoms with Crippen LogP contribution in [0.2, 0.25) is 5.02 Å². The van der Waals surface area contributed by atoms with Crippen LogP contribution in [0.15, 0.2) is 10.5 Å². The third kappa shape index (κ3) is 5.19. The van der Waals surface area contributed by atoms with E-state index in [4.69, 9.17) is 21.1 Å². The van der Waals surface area contributed by atoms with Gasteiger partial charge in [-0.05, 0) is 76.6 Å². The van der Waals surface area contributed by atoms with Crippen LogP contribution in [0.4, 0.5) is 23.8 Å². The first-order valence-electron chi connectivity index (χ1n) is 13.2. The molecule has 1 aliphatic carbocycles. The minimum Gasteiger partial charge on any atom is -0.463 e. The van der Waals surface area contributed by atoms with E-state index in [1.165, 1.54) is 0 Å². The third-order valence-corrected chi connectivity index (χ3v) is 9.21. The van der Waals surface area contributed by atoms with Crippen LogP contribution in [-0.2, 0) is 4.74 Å². The SMILES string of the molecule is CN(C)C[C@@]1(COc2nc(N3C[C@H]4CC[C@@](C)(C3)N4C(=O)OC(C)(C)C)c3cc(Cl)c(Br)c(F)c3n2)CC1(F)F. The number of halogens is 5. The van der Waals surface area contributed by atoms with Gasteiger partial charge < -0.3 is 19.3 Å². The quantitative estimate of drug-likeness (QED) is 0.349. The average Bonchev–Trinajstić information content (AvgIpc) is 3.27. The molecule has 3 aliphatic rings. The van der Waals surface area contributed by atoms with Gasteiger partial charge in [-0.15, -0.1) is 0 Å².